The topological polar surface area (TPSA) is 62.1 Å². The highest BCUT2D eigenvalue weighted by Crippen LogP contribution is 2.30. The van der Waals surface area contributed by atoms with Crippen molar-refractivity contribution in [2.75, 3.05) is 5.32 Å². The molecule has 0 unspecified atom stereocenters. The summed E-state index contributed by atoms with van der Waals surface area (Å²) in [4.78, 5) is 12.4. The molecule has 0 atom stereocenters. The number of nitriles is 1. The van der Waals surface area contributed by atoms with Crippen LogP contribution in [-0.2, 0) is 17.6 Å². The van der Waals surface area contributed by atoms with Gasteiger partial charge in [-0.1, -0.05) is 54.6 Å². The summed E-state index contributed by atoms with van der Waals surface area (Å²) in [6.07, 6.45) is -3.18. The van der Waals surface area contributed by atoms with Gasteiger partial charge in [-0.15, -0.1) is 0 Å². The van der Waals surface area contributed by atoms with Crippen molar-refractivity contribution in [3.8, 4) is 11.8 Å². The lowest BCUT2D eigenvalue weighted by molar-refractivity contribution is -0.137. The predicted octanol–water partition coefficient (Wildman–Crippen LogP) is 6.98. The Hall–Kier alpha value is -4.57. The fraction of sp³-hybridized carbons (Fsp3) is 0.0714. The SMILES string of the molecule is N#C/C(=C/c1ccc(OCc2ccc3ccccc3c2)cc1)C(=O)Nc1cccc(C(F)(F)F)c1. The number of alkyl halides is 3. The van der Waals surface area contributed by atoms with Gasteiger partial charge in [0.2, 0.25) is 0 Å². The molecular formula is C28H19F3N2O2. The van der Waals surface area contributed by atoms with Crippen LogP contribution in [0.3, 0.4) is 0 Å². The Labute approximate surface area is 199 Å². The predicted molar refractivity (Wildman–Crippen MR) is 128 cm³/mol. The molecule has 0 saturated heterocycles. The second-order valence-electron chi connectivity index (χ2n) is 7.74. The first-order valence-corrected chi connectivity index (χ1v) is 10.6. The average molecular weight is 472 g/mol. The maximum absolute atomic E-state index is 12.9. The van der Waals surface area contributed by atoms with Crippen molar-refractivity contribution < 1.29 is 22.7 Å². The van der Waals surface area contributed by atoms with E-state index in [9.17, 15) is 23.2 Å². The lowest BCUT2D eigenvalue weighted by atomic mass is 10.1. The number of carbonyl (C=O) groups is 1. The third kappa shape index (κ3) is 6.06. The molecule has 0 radical (unpaired) electrons. The number of ether oxygens (including phenoxy) is 1. The number of amides is 1. The largest absolute Gasteiger partial charge is 0.489 e. The number of halogens is 3. The summed E-state index contributed by atoms with van der Waals surface area (Å²) >= 11 is 0. The molecule has 1 N–H and O–H groups in total. The van der Waals surface area contributed by atoms with Crippen LogP contribution in [0.2, 0.25) is 0 Å². The van der Waals surface area contributed by atoms with Gasteiger partial charge in [-0.05, 0) is 64.4 Å². The molecule has 4 nitrogen and oxygen atoms in total. The molecule has 0 bridgehead atoms. The van der Waals surface area contributed by atoms with Crippen LogP contribution in [0.4, 0.5) is 18.9 Å². The fourth-order valence-electron chi connectivity index (χ4n) is 3.44. The van der Waals surface area contributed by atoms with E-state index in [0.717, 1.165) is 28.5 Å². The molecule has 35 heavy (non-hydrogen) atoms. The molecule has 174 valence electrons. The van der Waals surface area contributed by atoms with Gasteiger partial charge in [0.25, 0.3) is 5.91 Å². The fourth-order valence-corrected chi connectivity index (χ4v) is 3.44. The minimum Gasteiger partial charge on any atom is -0.489 e. The smallest absolute Gasteiger partial charge is 0.416 e. The van der Waals surface area contributed by atoms with Crippen LogP contribution in [0.15, 0.2) is 96.6 Å². The quantitative estimate of drug-likeness (QED) is 0.243. The van der Waals surface area contributed by atoms with Gasteiger partial charge < -0.3 is 10.1 Å². The van der Waals surface area contributed by atoms with Gasteiger partial charge in [-0.3, -0.25) is 4.79 Å². The Morgan fingerprint density at radius 1 is 0.914 bits per heavy atom. The van der Waals surface area contributed by atoms with Crippen LogP contribution in [0, 0.1) is 11.3 Å². The molecule has 0 aliphatic heterocycles. The van der Waals surface area contributed by atoms with E-state index in [4.69, 9.17) is 4.74 Å². The zero-order chi connectivity index (χ0) is 24.8. The van der Waals surface area contributed by atoms with Gasteiger partial charge in [0.15, 0.2) is 0 Å². The summed E-state index contributed by atoms with van der Waals surface area (Å²) in [5, 5.41) is 14.0. The molecule has 4 aromatic carbocycles. The molecule has 0 heterocycles. The second-order valence-corrected chi connectivity index (χ2v) is 7.74. The molecule has 4 rings (SSSR count). The number of benzene rings is 4. The molecule has 0 aliphatic rings. The summed E-state index contributed by atoms with van der Waals surface area (Å²) in [5.74, 6) is -0.189. The van der Waals surface area contributed by atoms with Gasteiger partial charge in [0, 0.05) is 5.69 Å². The highest BCUT2D eigenvalue weighted by atomic mass is 19.4. The molecule has 4 aromatic rings. The number of nitrogens with zero attached hydrogens (tertiary/aromatic N) is 1. The summed E-state index contributed by atoms with van der Waals surface area (Å²) < 4.78 is 44.5. The number of nitrogens with one attached hydrogen (secondary N) is 1. The lowest BCUT2D eigenvalue weighted by Crippen LogP contribution is -2.14. The normalized spacial score (nSPS) is 11.7. The highest BCUT2D eigenvalue weighted by Gasteiger charge is 2.30. The van der Waals surface area contributed by atoms with E-state index < -0.39 is 17.6 Å². The van der Waals surface area contributed by atoms with Crippen molar-refractivity contribution in [2.24, 2.45) is 0 Å². The molecule has 0 saturated carbocycles. The molecular weight excluding hydrogens is 453 g/mol. The Morgan fingerprint density at radius 3 is 2.37 bits per heavy atom. The second kappa shape index (κ2) is 10.1. The van der Waals surface area contributed by atoms with Crippen LogP contribution >= 0.6 is 0 Å². The van der Waals surface area contributed by atoms with E-state index in [0.29, 0.717) is 17.9 Å². The standard InChI is InChI=1S/C28H19F3N2O2/c29-28(30,31)24-6-3-7-25(16-24)33-27(34)23(17-32)14-19-9-12-26(13-10-19)35-18-20-8-11-21-4-1-2-5-22(21)15-20/h1-16H,18H2,(H,33,34)/b23-14-. The van der Waals surface area contributed by atoms with Crippen molar-refractivity contribution >= 4 is 28.4 Å². The molecule has 0 aliphatic carbocycles. The van der Waals surface area contributed by atoms with Crippen molar-refractivity contribution in [1.29, 1.82) is 5.26 Å². The number of fused-ring (bicyclic) bond motifs is 1. The van der Waals surface area contributed by atoms with Crippen LogP contribution in [-0.4, -0.2) is 5.91 Å². The Bertz CT molecular complexity index is 1440. The van der Waals surface area contributed by atoms with Crippen LogP contribution < -0.4 is 10.1 Å². The minimum atomic E-state index is -4.53. The van der Waals surface area contributed by atoms with Crippen LogP contribution in [0.5, 0.6) is 5.75 Å². The van der Waals surface area contributed by atoms with Crippen molar-refractivity contribution in [1.82, 2.24) is 0 Å². The minimum absolute atomic E-state index is 0.0524. The molecule has 0 aromatic heterocycles. The summed E-state index contributed by atoms with van der Waals surface area (Å²) in [6, 6.07) is 27.0. The number of anilines is 1. The third-order valence-corrected chi connectivity index (χ3v) is 5.22. The van der Waals surface area contributed by atoms with Crippen molar-refractivity contribution in [2.45, 2.75) is 12.8 Å². The third-order valence-electron chi connectivity index (χ3n) is 5.22. The zero-order valence-electron chi connectivity index (χ0n) is 18.3. The summed E-state index contributed by atoms with van der Waals surface area (Å²) in [6.45, 7) is 0.378. The first-order valence-electron chi connectivity index (χ1n) is 10.6. The van der Waals surface area contributed by atoms with Gasteiger partial charge in [0.05, 0.1) is 5.56 Å². The maximum atomic E-state index is 12.9. The highest BCUT2D eigenvalue weighted by molar-refractivity contribution is 6.09. The van der Waals surface area contributed by atoms with Gasteiger partial charge in [-0.2, -0.15) is 18.4 Å². The van der Waals surface area contributed by atoms with Gasteiger partial charge >= 0.3 is 6.18 Å². The maximum Gasteiger partial charge on any atom is 0.416 e. The van der Waals surface area contributed by atoms with Crippen molar-refractivity contribution in [3.63, 3.8) is 0 Å². The number of carbonyl (C=O) groups excluding carboxylic acids is 1. The number of hydrogen-bond acceptors (Lipinski definition) is 3. The summed E-state index contributed by atoms with van der Waals surface area (Å²) in [7, 11) is 0. The van der Waals surface area contributed by atoms with Gasteiger partial charge in [0.1, 0.15) is 24.0 Å². The van der Waals surface area contributed by atoms with Crippen molar-refractivity contribution in [3.05, 3.63) is 113 Å². The zero-order valence-corrected chi connectivity index (χ0v) is 18.3. The molecule has 0 fully saturated rings. The van der Waals surface area contributed by atoms with E-state index in [-0.39, 0.29) is 11.3 Å². The number of hydrogen-bond donors (Lipinski definition) is 1. The van der Waals surface area contributed by atoms with E-state index in [1.165, 1.54) is 18.2 Å². The van der Waals surface area contributed by atoms with E-state index in [1.807, 2.05) is 36.4 Å². The van der Waals surface area contributed by atoms with E-state index in [1.54, 1.807) is 30.3 Å². The Kier molecular flexibility index (Phi) is 6.83. The first kappa shape index (κ1) is 23.6. The van der Waals surface area contributed by atoms with Crippen LogP contribution in [0.1, 0.15) is 16.7 Å². The van der Waals surface area contributed by atoms with Crippen LogP contribution in [0.25, 0.3) is 16.8 Å². The first-order chi connectivity index (χ1) is 16.8. The summed E-state index contributed by atoms with van der Waals surface area (Å²) in [5.41, 5.74) is 0.400. The van der Waals surface area contributed by atoms with E-state index >= 15 is 0 Å². The average Bonchev–Trinajstić information content (AvgIpc) is 2.86. The number of rotatable bonds is 6. The molecule has 7 heteroatoms. The lowest BCUT2D eigenvalue weighted by Gasteiger charge is -2.10. The Balaban J connectivity index is 1.41. The van der Waals surface area contributed by atoms with E-state index in [2.05, 4.69) is 11.4 Å². The Morgan fingerprint density at radius 2 is 1.66 bits per heavy atom. The molecule has 0 spiro atoms. The molecule has 1 amide bonds. The monoisotopic (exact) mass is 472 g/mol. The van der Waals surface area contributed by atoms with Gasteiger partial charge in [-0.25, -0.2) is 0 Å².